The molecule has 30 heavy (non-hydrogen) atoms. The number of nitrogens with zero attached hydrogens (tertiary/aromatic N) is 4. The van der Waals surface area contributed by atoms with Crippen LogP contribution < -0.4 is 10.1 Å². The van der Waals surface area contributed by atoms with Crippen LogP contribution in [-0.4, -0.2) is 21.6 Å². The Morgan fingerprint density at radius 2 is 2.07 bits per heavy atom. The molecule has 4 aromatic rings. The lowest BCUT2D eigenvalue weighted by Gasteiger charge is -2.14. The molecular weight excluding hydrogens is 421 g/mol. The monoisotopic (exact) mass is 435 g/mol. The number of anilines is 2. The van der Waals surface area contributed by atoms with Gasteiger partial charge < -0.3 is 14.6 Å². The zero-order valence-corrected chi connectivity index (χ0v) is 17.3. The maximum Gasteiger partial charge on any atom is 0.139 e. The van der Waals surface area contributed by atoms with E-state index in [4.69, 9.17) is 27.9 Å². The second-order valence-corrected chi connectivity index (χ2v) is 7.17. The number of nitriles is 1. The SMILES string of the molecule is COc1cc(Nc2c(C#N)cnc3cc(/C=C/n4ccnc4)ccc23)c(Cl)cc1Cl. The van der Waals surface area contributed by atoms with Gasteiger partial charge in [-0.2, -0.15) is 5.26 Å². The second-order valence-electron chi connectivity index (χ2n) is 6.35. The highest BCUT2D eigenvalue weighted by Gasteiger charge is 2.13. The van der Waals surface area contributed by atoms with Gasteiger partial charge in [0.2, 0.25) is 0 Å². The van der Waals surface area contributed by atoms with Crippen LogP contribution in [0.2, 0.25) is 10.0 Å². The molecule has 0 aliphatic rings. The summed E-state index contributed by atoms with van der Waals surface area (Å²) in [5.41, 5.74) is 3.28. The number of methoxy groups -OCH3 is 1. The van der Waals surface area contributed by atoms with E-state index in [-0.39, 0.29) is 0 Å². The zero-order valence-electron chi connectivity index (χ0n) is 15.8. The predicted octanol–water partition coefficient (Wildman–Crippen LogP) is 5.99. The van der Waals surface area contributed by atoms with Gasteiger partial charge in [0.1, 0.15) is 11.8 Å². The lowest BCUT2D eigenvalue weighted by atomic mass is 10.1. The molecule has 2 aromatic heterocycles. The standard InChI is InChI=1S/C22H15Cl2N5O/c1-30-21-10-20(17(23)9-18(21)24)28-22-15(11-25)12-27-19-8-14(2-3-16(19)22)4-6-29-7-5-26-13-29/h2-10,12-13H,1H3,(H,27,28)/b6-4+. The highest BCUT2D eigenvalue weighted by Crippen LogP contribution is 2.37. The lowest BCUT2D eigenvalue weighted by molar-refractivity contribution is 0.415. The maximum absolute atomic E-state index is 9.59. The van der Waals surface area contributed by atoms with Gasteiger partial charge in [0.05, 0.1) is 45.9 Å². The molecule has 4 rings (SSSR count). The number of benzene rings is 2. The zero-order chi connectivity index (χ0) is 21.1. The second kappa shape index (κ2) is 8.46. The quantitative estimate of drug-likeness (QED) is 0.416. The van der Waals surface area contributed by atoms with E-state index in [0.29, 0.717) is 32.7 Å². The van der Waals surface area contributed by atoms with Crippen LogP contribution in [0.3, 0.4) is 0 Å². The molecule has 8 heteroatoms. The van der Waals surface area contributed by atoms with Crippen LogP contribution >= 0.6 is 23.2 Å². The van der Waals surface area contributed by atoms with E-state index in [1.165, 1.54) is 13.3 Å². The third kappa shape index (κ3) is 3.94. The third-order valence-electron chi connectivity index (χ3n) is 4.48. The van der Waals surface area contributed by atoms with Crippen molar-refractivity contribution in [1.29, 1.82) is 5.26 Å². The van der Waals surface area contributed by atoms with Crippen molar-refractivity contribution in [3.63, 3.8) is 0 Å². The number of hydrogen-bond donors (Lipinski definition) is 1. The number of hydrogen-bond acceptors (Lipinski definition) is 5. The molecule has 2 heterocycles. The average Bonchev–Trinajstić information content (AvgIpc) is 3.27. The summed E-state index contributed by atoms with van der Waals surface area (Å²) < 4.78 is 7.12. The molecule has 0 unspecified atom stereocenters. The van der Waals surface area contributed by atoms with E-state index in [0.717, 1.165) is 16.5 Å². The first kappa shape index (κ1) is 19.8. The van der Waals surface area contributed by atoms with Crippen LogP contribution in [0.1, 0.15) is 11.1 Å². The molecule has 0 radical (unpaired) electrons. The van der Waals surface area contributed by atoms with Crippen molar-refractivity contribution in [2.75, 3.05) is 12.4 Å². The number of pyridine rings is 1. The van der Waals surface area contributed by atoms with Gasteiger partial charge in [0, 0.05) is 36.2 Å². The molecule has 0 bridgehead atoms. The number of rotatable bonds is 5. The van der Waals surface area contributed by atoms with Crippen LogP contribution in [0.5, 0.6) is 5.75 Å². The van der Waals surface area contributed by atoms with Crippen LogP contribution in [-0.2, 0) is 0 Å². The minimum Gasteiger partial charge on any atom is -0.495 e. The summed E-state index contributed by atoms with van der Waals surface area (Å²) in [7, 11) is 1.53. The Balaban J connectivity index is 1.76. The van der Waals surface area contributed by atoms with E-state index >= 15 is 0 Å². The van der Waals surface area contributed by atoms with Gasteiger partial charge in [-0.3, -0.25) is 4.98 Å². The van der Waals surface area contributed by atoms with Gasteiger partial charge in [-0.15, -0.1) is 0 Å². The molecule has 1 N–H and O–H groups in total. The van der Waals surface area contributed by atoms with Gasteiger partial charge in [-0.25, -0.2) is 4.98 Å². The average molecular weight is 436 g/mol. The van der Waals surface area contributed by atoms with Gasteiger partial charge in [0.25, 0.3) is 0 Å². The Hall–Kier alpha value is -3.53. The molecule has 0 fully saturated rings. The molecule has 0 amide bonds. The van der Waals surface area contributed by atoms with Crippen molar-refractivity contribution in [2.24, 2.45) is 0 Å². The molecule has 2 aromatic carbocycles. The summed E-state index contributed by atoms with van der Waals surface area (Å²) in [6, 6.07) is 11.3. The largest absolute Gasteiger partial charge is 0.495 e. The van der Waals surface area contributed by atoms with E-state index in [1.54, 1.807) is 24.7 Å². The molecule has 0 aliphatic carbocycles. The number of nitrogens with one attached hydrogen (secondary N) is 1. The normalized spacial score (nSPS) is 11.0. The van der Waals surface area contributed by atoms with Crippen LogP contribution in [0.4, 0.5) is 11.4 Å². The molecule has 0 spiro atoms. The minimum absolute atomic E-state index is 0.397. The van der Waals surface area contributed by atoms with E-state index < -0.39 is 0 Å². The molecule has 0 atom stereocenters. The molecule has 6 nitrogen and oxygen atoms in total. The summed E-state index contributed by atoms with van der Waals surface area (Å²) >= 11 is 12.5. The summed E-state index contributed by atoms with van der Waals surface area (Å²) in [4.78, 5) is 8.45. The van der Waals surface area contributed by atoms with Crippen molar-refractivity contribution >= 4 is 57.8 Å². The molecule has 0 saturated heterocycles. The van der Waals surface area contributed by atoms with Crippen molar-refractivity contribution in [1.82, 2.24) is 14.5 Å². The summed E-state index contributed by atoms with van der Waals surface area (Å²) in [5.74, 6) is 0.479. The van der Waals surface area contributed by atoms with E-state index in [1.807, 2.05) is 41.2 Å². The number of aromatic nitrogens is 3. The van der Waals surface area contributed by atoms with Crippen molar-refractivity contribution in [3.05, 3.63) is 76.4 Å². The number of imidazole rings is 1. The highest BCUT2D eigenvalue weighted by atomic mass is 35.5. The first-order valence-corrected chi connectivity index (χ1v) is 9.63. The van der Waals surface area contributed by atoms with Crippen molar-refractivity contribution in [2.45, 2.75) is 0 Å². The predicted molar refractivity (Wildman–Crippen MR) is 120 cm³/mol. The maximum atomic E-state index is 9.59. The Bertz CT molecular complexity index is 1290. The fourth-order valence-electron chi connectivity index (χ4n) is 2.98. The Kier molecular flexibility index (Phi) is 5.57. The first-order valence-electron chi connectivity index (χ1n) is 8.87. The van der Waals surface area contributed by atoms with Gasteiger partial charge >= 0.3 is 0 Å². The van der Waals surface area contributed by atoms with Crippen LogP contribution in [0.15, 0.2) is 55.2 Å². The van der Waals surface area contributed by atoms with Crippen LogP contribution in [0.25, 0.3) is 23.2 Å². The highest BCUT2D eigenvalue weighted by molar-refractivity contribution is 6.37. The number of fused-ring (bicyclic) bond motifs is 1. The first-order chi connectivity index (χ1) is 14.6. The molecule has 0 aliphatic heterocycles. The molecular formula is C22H15Cl2N5O. The smallest absolute Gasteiger partial charge is 0.139 e. The van der Waals surface area contributed by atoms with Gasteiger partial charge in [-0.05, 0) is 23.8 Å². The minimum atomic E-state index is 0.397. The van der Waals surface area contributed by atoms with Gasteiger partial charge in [0.15, 0.2) is 0 Å². The van der Waals surface area contributed by atoms with E-state index in [2.05, 4.69) is 21.4 Å². The Morgan fingerprint density at radius 1 is 1.20 bits per heavy atom. The summed E-state index contributed by atoms with van der Waals surface area (Å²) in [5, 5.41) is 14.4. The number of ether oxygens (including phenoxy) is 1. The third-order valence-corrected chi connectivity index (χ3v) is 5.09. The Labute approximate surface area is 183 Å². The topological polar surface area (TPSA) is 75.8 Å². The molecule has 0 saturated carbocycles. The fraction of sp³-hybridized carbons (Fsp3) is 0.0455. The van der Waals surface area contributed by atoms with Crippen molar-refractivity contribution < 1.29 is 4.74 Å². The Morgan fingerprint density at radius 3 is 2.80 bits per heavy atom. The van der Waals surface area contributed by atoms with E-state index in [9.17, 15) is 5.26 Å². The van der Waals surface area contributed by atoms with Gasteiger partial charge in [-0.1, -0.05) is 35.3 Å². The number of halogens is 2. The molecule has 148 valence electrons. The lowest BCUT2D eigenvalue weighted by Crippen LogP contribution is -1.98. The van der Waals surface area contributed by atoms with Crippen LogP contribution in [0, 0.1) is 11.3 Å². The summed E-state index contributed by atoms with van der Waals surface area (Å²) in [6.45, 7) is 0. The van der Waals surface area contributed by atoms with Crippen molar-refractivity contribution in [3.8, 4) is 11.8 Å². The summed E-state index contributed by atoms with van der Waals surface area (Å²) in [6.07, 6.45) is 10.7. The fourth-order valence-corrected chi connectivity index (χ4v) is 3.49.